The number of benzene rings is 2. The van der Waals surface area contributed by atoms with E-state index in [0.717, 1.165) is 11.3 Å². The molecule has 0 radical (unpaired) electrons. The molecule has 2 aromatic rings. The lowest BCUT2D eigenvalue weighted by atomic mass is 10.0. The van der Waals surface area contributed by atoms with Crippen molar-refractivity contribution in [2.45, 2.75) is 11.8 Å². The van der Waals surface area contributed by atoms with Gasteiger partial charge in [-0.15, -0.1) is 11.6 Å². The molecule has 0 heterocycles. The maximum absolute atomic E-state index is 13.8. The van der Waals surface area contributed by atoms with Gasteiger partial charge in [0.05, 0.1) is 12.5 Å². The maximum Gasteiger partial charge on any atom is 0.129 e. The summed E-state index contributed by atoms with van der Waals surface area (Å²) < 4.78 is 19.0. The van der Waals surface area contributed by atoms with Gasteiger partial charge in [0, 0.05) is 10.6 Å². The second-order valence-corrected chi connectivity index (χ2v) is 5.05. The molecule has 4 heteroatoms. The normalized spacial score (nSPS) is 12.2. The number of methoxy groups -OCH3 is 1. The topological polar surface area (TPSA) is 9.23 Å². The Kier molecular flexibility index (Phi) is 4.67. The third kappa shape index (κ3) is 3.20. The Hall–Kier alpha value is -1.25. The molecule has 1 nitrogen and oxygen atoms in total. The fourth-order valence-corrected chi connectivity index (χ4v) is 2.72. The Morgan fingerprint density at radius 1 is 1.16 bits per heavy atom. The second-order valence-electron chi connectivity index (χ2n) is 4.12. The van der Waals surface area contributed by atoms with Crippen LogP contribution in [0.25, 0.3) is 0 Å². The van der Waals surface area contributed by atoms with Crippen molar-refractivity contribution in [3.8, 4) is 5.75 Å². The van der Waals surface area contributed by atoms with E-state index in [-0.39, 0.29) is 5.82 Å². The first-order chi connectivity index (χ1) is 9.13. The number of rotatable bonds is 4. The predicted molar refractivity (Wildman–Crippen MR) is 76.7 cm³/mol. The van der Waals surface area contributed by atoms with Gasteiger partial charge in [0.15, 0.2) is 0 Å². The molecule has 2 aromatic carbocycles. The second kappa shape index (κ2) is 6.27. The smallest absolute Gasteiger partial charge is 0.129 e. The average Bonchev–Trinajstić information content (AvgIpc) is 2.39. The minimum absolute atomic E-state index is 0.330. The average molecular weight is 299 g/mol. The highest BCUT2D eigenvalue weighted by atomic mass is 35.5. The third-order valence-electron chi connectivity index (χ3n) is 2.90. The first-order valence-electron chi connectivity index (χ1n) is 5.83. The molecule has 0 spiro atoms. The van der Waals surface area contributed by atoms with Crippen LogP contribution >= 0.6 is 23.2 Å². The molecular formula is C15H13Cl2FO. The van der Waals surface area contributed by atoms with Crippen LogP contribution in [-0.2, 0) is 6.42 Å². The van der Waals surface area contributed by atoms with Crippen LogP contribution in [0, 0.1) is 5.82 Å². The van der Waals surface area contributed by atoms with E-state index in [2.05, 4.69) is 0 Å². The van der Waals surface area contributed by atoms with Crippen LogP contribution in [-0.4, -0.2) is 7.11 Å². The van der Waals surface area contributed by atoms with Crippen molar-refractivity contribution in [3.63, 3.8) is 0 Å². The summed E-state index contributed by atoms with van der Waals surface area (Å²) in [6, 6.07) is 12.1. The first kappa shape index (κ1) is 14.2. The third-order valence-corrected chi connectivity index (χ3v) is 3.61. The van der Waals surface area contributed by atoms with Crippen molar-refractivity contribution in [3.05, 3.63) is 64.4 Å². The zero-order valence-corrected chi connectivity index (χ0v) is 11.9. The molecule has 1 unspecified atom stereocenters. The predicted octanol–water partition coefficient (Wildman–Crippen LogP) is 5.01. The van der Waals surface area contributed by atoms with E-state index in [1.54, 1.807) is 19.2 Å². The summed E-state index contributed by atoms with van der Waals surface area (Å²) in [6.07, 6.45) is 0.451. The lowest BCUT2D eigenvalue weighted by Crippen LogP contribution is -2.01. The molecule has 19 heavy (non-hydrogen) atoms. The molecule has 0 saturated heterocycles. The summed E-state index contributed by atoms with van der Waals surface area (Å²) >= 11 is 12.3. The zero-order chi connectivity index (χ0) is 13.8. The monoisotopic (exact) mass is 298 g/mol. The van der Waals surface area contributed by atoms with Crippen LogP contribution < -0.4 is 4.74 Å². The molecule has 0 aliphatic rings. The summed E-state index contributed by atoms with van der Waals surface area (Å²) in [5, 5.41) is -0.195. The van der Waals surface area contributed by atoms with E-state index < -0.39 is 5.38 Å². The minimum atomic E-state index is -0.537. The highest BCUT2D eigenvalue weighted by Gasteiger charge is 2.18. The Morgan fingerprint density at radius 3 is 2.58 bits per heavy atom. The van der Waals surface area contributed by atoms with Gasteiger partial charge in [0.25, 0.3) is 0 Å². The molecule has 0 aromatic heterocycles. The van der Waals surface area contributed by atoms with E-state index in [4.69, 9.17) is 27.9 Å². The van der Waals surface area contributed by atoms with Crippen molar-refractivity contribution in [2.75, 3.05) is 7.11 Å². The zero-order valence-electron chi connectivity index (χ0n) is 10.4. The number of halogens is 3. The molecule has 0 bridgehead atoms. The number of para-hydroxylation sites is 1. The Balaban J connectivity index is 2.28. The summed E-state index contributed by atoms with van der Waals surface area (Å²) in [6.45, 7) is 0. The first-order valence-corrected chi connectivity index (χ1v) is 6.64. The van der Waals surface area contributed by atoms with Crippen LogP contribution in [0.15, 0.2) is 42.5 Å². The largest absolute Gasteiger partial charge is 0.496 e. The molecular weight excluding hydrogens is 286 g/mol. The molecule has 0 aliphatic carbocycles. The fraction of sp³-hybridized carbons (Fsp3) is 0.200. The van der Waals surface area contributed by atoms with E-state index in [1.807, 2.05) is 24.3 Å². The van der Waals surface area contributed by atoms with Crippen LogP contribution in [0.1, 0.15) is 16.5 Å². The Bertz CT molecular complexity index is 552. The quantitative estimate of drug-likeness (QED) is 0.721. The molecule has 0 aliphatic heterocycles. The summed E-state index contributed by atoms with van der Waals surface area (Å²) in [4.78, 5) is 0. The van der Waals surface area contributed by atoms with Crippen molar-refractivity contribution >= 4 is 23.2 Å². The van der Waals surface area contributed by atoms with Crippen LogP contribution in [0.4, 0.5) is 4.39 Å². The molecule has 2 rings (SSSR count). The summed E-state index contributed by atoms with van der Waals surface area (Å²) in [7, 11) is 1.60. The van der Waals surface area contributed by atoms with E-state index in [9.17, 15) is 4.39 Å². The molecule has 0 saturated carbocycles. The van der Waals surface area contributed by atoms with Gasteiger partial charge >= 0.3 is 0 Å². The summed E-state index contributed by atoms with van der Waals surface area (Å²) in [5.41, 5.74) is 1.25. The lowest BCUT2D eigenvalue weighted by molar-refractivity contribution is 0.409. The SMILES string of the molecule is COc1ccccc1CC(Cl)c1c(F)cccc1Cl. The highest BCUT2D eigenvalue weighted by molar-refractivity contribution is 6.32. The van der Waals surface area contributed by atoms with Gasteiger partial charge in [-0.2, -0.15) is 0 Å². The van der Waals surface area contributed by atoms with Gasteiger partial charge in [-0.05, 0) is 30.2 Å². The van der Waals surface area contributed by atoms with Crippen molar-refractivity contribution < 1.29 is 9.13 Å². The Morgan fingerprint density at radius 2 is 1.89 bits per heavy atom. The fourth-order valence-electron chi connectivity index (χ4n) is 1.98. The maximum atomic E-state index is 13.8. The van der Waals surface area contributed by atoms with Gasteiger partial charge in [0.2, 0.25) is 0 Å². The molecule has 100 valence electrons. The van der Waals surface area contributed by atoms with Crippen LogP contribution in [0.5, 0.6) is 5.75 Å². The molecule has 0 amide bonds. The number of hydrogen-bond acceptors (Lipinski definition) is 1. The van der Waals surface area contributed by atoms with E-state index in [0.29, 0.717) is 17.0 Å². The highest BCUT2D eigenvalue weighted by Crippen LogP contribution is 2.34. The van der Waals surface area contributed by atoms with Gasteiger partial charge in [-0.25, -0.2) is 4.39 Å². The van der Waals surface area contributed by atoms with Crippen LogP contribution in [0.2, 0.25) is 5.02 Å². The van der Waals surface area contributed by atoms with E-state index >= 15 is 0 Å². The van der Waals surface area contributed by atoms with E-state index in [1.165, 1.54) is 6.07 Å². The molecule has 1 atom stereocenters. The van der Waals surface area contributed by atoms with Gasteiger partial charge < -0.3 is 4.74 Å². The standard InChI is InChI=1S/C15H13Cl2FO/c1-19-14-8-3-2-5-10(14)9-12(17)15-11(16)6-4-7-13(15)18/h2-8,12H,9H2,1H3. The van der Waals surface area contributed by atoms with Gasteiger partial charge in [-0.3, -0.25) is 0 Å². The minimum Gasteiger partial charge on any atom is -0.496 e. The number of alkyl halides is 1. The number of ether oxygens (including phenoxy) is 1. The van der Waals surface area contributed by atoms with Crippen LogP contribution in [0.3, 0.4) is 0 Å². The van der Waals surface area contributed by atoms with Crippen molar-refractivity contribution in [1.29, 1.82) is 0 Å². The lowest BCUT2D eigenvalue weighted by Gasteiger charge is -2.14. The molecule has 0 N–H and O–H groups in total. The van der Waals surface area contributed by atoms with Crippen molar-refractivity contribution in [2.24, 2.45) is 0 Å². The van der Waals surface area contributed by atoms with Gasteiger partial charge in [0.1, 0.15) is 11.6 Å². The number of hydrogen-bond donors (Lipinski definition) is 0. The molecule has 0 fully saturated rings. The summed E-state index contributed by atoms with van der Waals surface area (Å²) in [5.74, 6) is 0.350. The Labute approximate surface area is 121 Å². The van der Waals surface area contributed by atoms with Gasteiger partial charge in [-0.1, -0.05) is 35.9 Å². The van der Waals surface area contributed by atoms with Crippen molar-refractivity contribution in [1.82, 2.24) is 0 Å².